The van der Waals surface area contributed by atoms with Gasteiger partial charge in [-0.3, -0.25) is 0 Å². The summed E-state index contributed by atoms with van der Waals surface area (Å²) in [5, 5.41) is 13.6. The summed E-state index contributed by atoms with van der Waals surface area (Å²) in [7, 11) is 0. The molecule has 2 rings (SSSR count). The second kappa shape index (κ2) is 5.85. The van der Waals surface area contributed by atoms with Crippen LogP contribution in [0.15, 0.2) is 42.6 Å². The number of anilines is 1. The first-order valence-electron chi connectivity index (χ1n) is 6.54. The molecule has 1 atom stereocenters. The largest absolute Gasteiger partial charge is 0.384 e. The Morgan fingerprint density at radius 1 is 1.16 bits per heavy atom. The smallest absolute Gasteiger partial charge is 0.126 e. The van der Waals surface area contributed by atoms with Crippen molar-refractivity contribution in [3.63, 3.8) is 0 Å². The highest BCUT2D eigenvalue weighted by atomic mass is 16.3. The van der Waals surface area contributed by atoms with Gasteiger partial charge in [0.1, 0.15) is 11.9 Å². The van der Waals surface area contributed by atoms with Crippen LogP contribution in [0.25, 0.3) is 0 Å². The fourth-order valence-electron chi connectivity index (χ4n) is 2.04. The summed E-state index contributed by atoms with van der Waals surface area (Å²) in [5.41, 5.74) is 2.77. The molecule has 2 aromatic rings. The van der Waals surface area contributed by atoms with E-state index in [9.17, 15) is 5.11 Å². The van der Waals surface area contributed by atoms with Crippen LogP contribution in [0.5, 0.6) is 0 Å². The number of aryl methyl sites for hydroxylation is 1. The number of aliphatic hydroxyl groups excluding tert-OH is 1. The van der Waals surface area contributed by atoms with E-state index in [2.05, 4.69) is 24.1 Å². The number of hydrogen-bond donors (Lipinski definition) is 2. The maximum absolute atomic E-state index is 10.4. The summed E-state index contributed by atoms with van der Waals surface area (Å²) in [6.07, 6.45) is 1.12. The molecule has 0 saturated carbocycles. The monoisotopic (exact) mass is 256 g/mol. The molecule has 0 radical (unpaired) electrons. The number of hydrogen-bond acceptors (Lipinski definition) is 3. The van der Waals surface area contributed by atoms with Gasteiger partial charge in [-0.25, -0.2) is 4.98 Å². The zero-order valence-electron chi connectivity index (χ0n) is 11.6. The molecular weight excluding hydrogens is 236 g/mol. The Morgan fingerprint density at radius 3 is 2.42 bits per heavy atom. The van der Waals surface area contributed by atoms with E-state index < -0.39 is 6.10 Å². The molecule has 0 aliphatic heterocycles. The average molecular weight is 256 g/mol. The first-order chi connectivity index (χ1) is 9.08. The molecule has 1 aromatic heterocycles. The van der Waals surface area contributed by atoms with Crippen molar-refractivity contribution in [1.82, 2.24) is 4.98 Å². The van der Waals surface area contributed by atoms with Crippen molar-refractivity contribution >= 4 is 5.82 Å². The van der Waals surface area contributed by atoms with Crippen LogP contribution in [0, 0.1) is 6.92 Å². The summed E-state index contributed by atoms with van der Waals surface area (Å²) in [6, 6.07) is 12.0. The van der Waals surface area contributed by atoms with Gasteiger partial charge in [0.2, 0.25) is 0 Å². The molecule has 0 aliphatic rings. The summed E-state index contributed by atoms with van der Waals surface area (Å²) in [5.74, 6) is 0.844. The Labute approximate surface area is 114 Å². The van der Waals surface area contributed by atoms with Gasteiger partial charge in [0.05, 0.1) is 0 Å². The minimum Gasteiger partial charge on any atom is -0.384 e. The molecule has 2 N–H and O–H groups in total. The first kappa shape index (κ1) is 13.6. The van der Waals surface area contributed by atoms with Crippen LogP contribution in [-0.2, 0) is 0 Å². The lowest BCUT2D eigenvalue weighted by Crippen LogP contribution is -2.12. The van der Waals surface area contributed by atoms with Gasteiger partial charge in [0.25, 0.3) is 0 Å². The van der Waals surface area contributed by atoms with Gasteiger partial charge >= 0.3 is 0 Å². The third kappa shape index (κ3) is 3.32. The minimum atomic E-state index is -0.623. The Bertz CT molecular complexity index is 538. The van der Waals surface area contributed by atoms with Crippen LogP contribution >= 0.6 is 0 Å². The molecule has 0 aliphatic carbocycles. The predicted octanol–water partition coefficient (Wildman–Crippen LogP) is 3.29. The van der Waals surface area contributed by atoms with Crippen molar-refractivity contribution in [2.45, 2.75) is 32.9 Å². The third-order valence-corrected chi connectivity index (χ3v) is 3.00. The number of aliphatic hydroxyl groups is 1. The minimum absolute atomic E-state index is 0.344. The lowest BCUT2D eigenvalue weighted by atomic mass is 9.99. The number of rotatable bonds is 4. The van der Waals surface area contributed by atoms with Crippen molar-refractivity contribution in [2.75, 3.05) is 5.32 Å². The number of benzene rings is 1. The van der Waals surface area contributed by atoms with Gasteiger partial charge in [0, 0.05) is 17.8 Å². The molecular formula is C16H20N2O. The van der Waals surface area contributed by atoms with E-state index in [-0.39, 0.29) is 0 Å². The quantitative estimate of drug-likeness (QED) is 0.882. The highest BCUT2D eigenvalue weighted by Crippen LogP contribution is 2.25. The van der Waals surface area contributed by atoms with Crippen LogP contribution in [0.3, 0.4) is 0 Å². The van der Waals surface area contributed by atoms with Crippen LogP contribution in [-0.4, -0.2) is 16.1 Å². The van der Waals surface area contributed by atoms with Crippen molar-refractivity contribution in [3.05, 3.63) is 59.3 Å². The lowest BCUT2D eigenvalue weighted by Gasteiger charge is -2.16. The second-order valence-corrected chi connectivity index (χ2v) is 5.04. The molecule has 3 heteroatoms. The van der Waals surface area contributed by atoms with Gasteiger partial charge in [0.15, 0.2) is 0 Å². The van der Waals surface area contributed by atoms with Gasteiger partial charge in [-0.05, 0) is 38.0 Å². The summed E-state index contributed by atoms with van der Waals surface area (Å²) in [4.78, 5) is 4.36. The maximum atomic E-state index is 10.4. The molecule has 0 spiro atoms. The van der Waals surface area contributed by atoms with Gasteiger partial charge < -0.3 is 10.4 Å². The molecule has 0 saturated heterocycles. The Balaban J connectivity index is 2.26. The number of nitrogens with one attached hydrogen (secondary N) is 1. The first-order valence-corrected chi connectivity index (χ1v) is 6.54. The predicted molar refractivity (Wildman–Crippen MR) is 78.2 cm³/mol. The van der Waals surface area contributed by atoms with E-state index in [4.69, 9.17) is 0 Å². The number of aromatic nitrogens is 1. The Morgan fingerprint density at radius 2 is 1.84 bits per heavy atom. The third-order valence-electron chi connectivity index (χ3n) is 3.00. The van der Waals surface area contributed by atoms with Crippen molar-refractivity contribution in [1.29, 1.82) is 0 Å². The SMILES string of the molecule is Cc1cc(NC(C)C)ncc1[C@H](O)c1ccccc1. The van der Waals surface area contributed by atoms with Gasteiger partial charge in [-0.15, -0.1) is 0 Å². The fourth-order valence-corrected chi connectivity index (χ4v) is 2.04. The second-order valence-electron chi connectivity index (χ2n) is 5.04. The van der Waals surface area contributed by atoms with Crippen LogP contribution < -0.4 is 5.32 Å². The van der Waals surface area contributed by atoms with E-state index in [1.165, 1.54) is 0 Å². The molecule has 0 fully saturated rings. The Hall–Kier alpha value is -1.87. The van der Waals surface area contributed by atoms with Gasteiger partial charge in [-0.1, -0.05) is 30.3 Å². The average Bonchev–Trinajstić information content (AvgIpc) is 2.38. The molecule has 1 aromatic carbocycles. The molecule has 0 amide bonds. The van der Waals surface area contributed by atoms with Crippen LogP contribution in [0.1, 0.15) is 36.6 Å². The molecule has 1 heterocycles. The number of nitrogens with zero attached hydrogens (tertiary/aromatic N) is 1. The molecule has 100 valence electrons. The summed E-state index contributed by atoms with van der Waals surface area (Å²) >= 11 is 0. The number of pyridine rings is 1. The normalized spacial score (nSPS) is 12.5. The standard InChI is InChI=1S/C16H20N2O/c1-11(2)18-15-9-12(3)14(10-17-15)16(19)13-7-5-4-6-8-13/h4-11,16,19H,1-3H3,(H,17,18)/t16-/m1/s1. The molecule has 3 nitrogen and oxygen atoms in total. The van der Waals surface area contributed by atoms with E-state index >= 15 is 0 Å². The fraction of sp³-hybridized carbons (Fsp3) is 0.312. The van der Waals surface area contributed by atoms with Crippen molar-refractivity contribution in [3.8, 4) is 0 Å². The lowest BCUT2D eigenvalue weighted by molar-refractivity contribution is 0.219. The molecule has 0 unspecified atom stereocenters. The maximum Gasteiger partial charge on any atom is 0.126 e. The van der Waals surface area contributed by atoms with Crippen LogP contribution in [0.4, 0.5) is 5.82 Å². The van der Waals surface area contributed by atoms with E-state index in [0.717, 1.165) is 22.5 Å². The van der Waals surface area contributed by atoms with E-state index in [0.29, 0.717) is 6.04 Å². The summed E-state index contributed by atoms with van der Waals surface area (Å²) in [6.45, 7) is 6.14. The van der Waals surface area contributed by atoms with Gasteiger partial charge in [-0.2, -0.15) is 0 Å². The summed E-state index contributed by atoms with van der Waals surface area (Å²) < 4.78 is 0. The van der Waals surface area contributed by atoms with E-state index in [1.807, 2.05) is 43.3 Å². The van der Waals surface area contributed by atoms with Crippen molar-refractivity contribution < 1.29 is 5.11 Å². The highest BCUT2D eigenvalue weighted by Gasteiger charge is 2.13. The van der Waals surface area contributed by atoms with Crippen LogP contribution in [0.2, 0.25) is 0 Å². The highest BCUT2D eigenvalue weighted by molar-refractivity contribution is 5.43. The molecule has 0 bridgehead atoms. The topological polar surface area (TPSA) is 45.2 Å². The Kier molecular flexibility index (Phi) is 4.17. The zero-order valence-corrected chi connectivity index (χ0v) is 11.6. The van der Waals surface area contributed by atoms with Crippen molar-refractivity contribution in [2.24, 2.45) is 0 Å². The molecule has 19 heavy (non-hydrogen) atoms. The zero-order chi connectivity index (χ0) is 13.8. The van der Waals surface area contributed by atoms with E-state index in [1.54, 1.807) is 6.20 Å².